The number of ether oxygens (including phenoxy) is 2. The minimum absolute atomic E-state index is 0.0227. The lowest BCUT2D eigenvalue weighted by molar-refractivity contribution is -0.124. The Labute approximate surface area is 197 Å². The minimum atomic E-state index is -1.14. The van der Waals surface area contributed by atoms with Gasteiger partial charge in [0.2, 0.25) is 0 Å². The number of rotatable bonds is 8. The van der Waals surface area contributed by atoms with Gasteiger partial charge in [-0.15, -0.1) is 0 Å². The molecule has 0 aromatic heterocycles. The van der Waals surface area contributed by atoms with Crippen molar-refractivity contribution in [1.82, 2.24) is 4.90 Å². The van der Waals surface area contributed by atoms with Gasteiger partial charge in [0.05, 0.1) is 18.9 Å². The molecule has 5 heteroatoms. The van der Waals surface area contributed by atoms with Gasteiger partial charge in [-0.25, -0.2) is 0 Å². The fourth-order valence-corrected chi connectivity index (χ4v) is 4.85. The summed E-state index contributed by atoms with van der Waals surface area (Å²) in [5, 5.41) is 11.7. The Morgan fingerprint density at radius 2 is 1.48 bits per heavy atom. The first-order chi connectivity index (χ1) is 15.8. The van der Waals surface area contributed by atoms with Crippen LogP contribution in [0.1, 0.15) is 37.8 Å². The number of hydrogen-bond acceptors (Lipinski definition) is 5. The zero-order valence-electron chi connectivity index (χ0n) is 19.8. The van der Waals surface area contributed by atoms with E-state index in [2.05, 4.69) is 18.7 Å². The number of morpholine rings is 1. The van der Waals surface area contributed by atoms with Crippen LogP contribution in [0.2, 0.25) is 0 Å². The van der Waals surface area contributed by atoms with Crippen LogP contribution in [-0.4, -0.2) is 54.3 Å². The van der Waals surface area contributed by atoms with Crippen molar-refractivity contribution in [2.45, 2.75) is 45.1 Å². The number of hydrogen-bond donors (Lipinski definition) is 1. The summed E-state index contributed by atoms with van der Waals surface area (Å²) in [5.41, 5.74) is 1.79. The van der Waals surface area contributed by atoms with E-state index in [1.807, 2.05) is 60.7 Å². The number of benzene rings is 2. The molecule has 33 heavy (non-hydrogen) atoms. The summed E-state index contributed by atoms with van der Waals surface area (Å²) in [6.07, 6.45) is 2.13. The third-order valence-corrected chi connectivity index (χ3v) is 6.43. The Kier molecular flexibility index (Phi) is 7.20. The van der Waals surface area contributed by atoms with E-state index in [1.165, 1.54) is 0 Å². The topological polar surface area (TPSA) is 59.0 Å². The van der Waals surface area contributed by atoms with Gasteiger partial charge >= 0.3 is 0 Å². The van der Waals surface area contributed by atoms with Crippen molar-refractivity contribution in [1.29, 1.82) is 0 Å². The molecule has 4 rings (SSSR count). The van der Waals surface area contributed by atoms with E-state index in [-0.39, 0.29) is 17.8 Å². The van der Waals surface area contributed by atoms with Crippen LogP contribution in [0.4, 0.5) is 0 Å². The lowest BCUT2D eigenvalue weighted by atomic mass is 9.77. The molecule has 1 saturated heterocycles. The first-order valence-corrected chi connectivity index (χ1v) is 11.9. The summed E-state index contributed by atoms with van der Waals surface area (Å²) in [7, 11) is 0. The Hall–Kier alpha value is -2.63. The maximum Gasteiger partial charge on any atom is 0.199 e. The third kappa shape index (κ3) is 6.24. The molecular weight excluding hydrogens is 414 g/mol. The summed E-state index contributed by atoms with van der Waals surface area (Å²) in [6.45, 7) is 7.13. The molecule has 2 aliphatic rings. The Morgan fingerprint density at radius 1 is 0.939 bits per heavy atom. The first-order valence-electron chi connectivity index (χ1n) is 11.9. The highest BCUT2D eigenvalue weighted by Gasteiger charge is 2.38. The van der Waals surface area contributed by atoms with Crippen LogP contribution in [0, 0.1) is 5.41 Å². The number of aliphatic hydroxyl groups is 1. The van der Waals surface area contributed by atoms with Gasteiger partial charge in [0.15, 0.2) is 11.5 Å². The number of carbonyl (C=O) groups is 1. The molecule has 176 valence electrons. The number of ketones is 1. The third-order valence-electron chi connectivity index (χ3n) is 6.43. The summed E-state index contributed by atoms with van der Waals surface area (Å²) in [6, 6.07) is 19.9. The summed E-state index contributed by atoms with van der Waals surface area (Å²) < 4.78 is 11.8. The normalized spacial score (nSPS) is 19.0. The van der Waals surface area contributed by atoms with Crippen molar-refractivity contribution in [3.05, 3.63) is 83.2 Å². The van der Waals surface area contributed by atoms with Crippen molar-refractivity contribution >= 4 is 5.78 Å². The lowest BCUT2D eigenvalue weighted by Crippen LogP contribution is -2.43. The number of Topliss-reactive ketones (excluding diaryl/α,β-unsaturated/α-hetero) is 1. The van der Waals surface area contributed by atoms with E-state index in [0.29, 0.717) is 38.2 Å². The molecule has 1 N–H and O–H groups in total. The molecule has 0 radical (unpaired) electrons. The second-order valence-corrected chi connectivity index (χ2v) is 10.2. The first kappa shape index (κ1) is 23.5. The molecule has 5 nitrogen and oxygen atoms in total. The van der Waals surface area contributed by atoms with E-state index in [4.69, 9.17) is 9.47 Å². The average molecular weight is 450 g/mol. The standard InChI is InChI=1S/C28H35NO4/c1-27(2)19-24(29-13-15-32-16-14-29)26(25(30)20-27)33-21-28(31,17-22-9-5-3-6-10-22)18-23-11-7-4-8-12-23/h3-12,31H,13-21H2,1-2H3. The molecule has 1 heterocycles. The number of allylic oxidation sites excluding steroid dienone is 2. The highest BCUT2D eigenvalue weighted by Crippen LogP contribution is 2.39. The fraction of sp³-hybridized carbons (Fsp3) is 0.464. The molecule has 0 bridgehead atoms. The highest BCUT2D eigenvalue weighted by molar-refractivity contribution is 5.95. The maximum atomic E-state index is 13.2. The second-order valence-electron chi connectivity index (χ2n) is 10.2. The molecule has 0 atom stereocenters. The largest absolute Gasteiger partial charge is 0.485 e. The van der Waals surface area contributed by atoms with Gasteiger partial charge in [-0.05, 0) is 23.0 Å². The average Bonchev–Trinajstić information content (AvgIpc) is 2.79. The molecule has 0 unspecified atom stereocenters. The molecule has 1 aliphatic carbocycles. The van der Waals surface area contributed by atoms with E-state index < -0.39 is 5.60 Å². The van der Waals surface area contributed by atoms with Crippen LogP contribution in [0.3, 0.4) is 0 Å². The van der Waals surface area contributed by atoms with Crippen LogP contribution >= 0.6 is 0 Å². The van der Waals surface area contributed by atoms with Gasteiger partial charge in [0.25, 0.3) is 0 Å². The molecule has 2 aromatic rings. The Bertz CT molecular complexity index is 920. The quantitative estimate of drug-likeness (QED) is 0.656. The van der Waals surface area contributed by atoms with E-state index in [1.54, 1.807) is 0 Å². The SMILES string of the molecule is CC1(C)CC(=O)C(OCC(O)(Cc2ccccc2)Cc2ccccc2)=C(N2CCOCC2)C1. The van der Waals surface area contributed by atoms with Crippen molar-refractivity contribution in [3.8, 4) is 0 Å². The Balaban J connectivity index is 1.60. The van der Waals surface area contributed by atoms with Crippen LogP contribution in [-0.2, 0) is 27.1 Å². The summed E-state index contributed by atoms with van der Waals surface area (Å²) in [5.74, 6) is 0.449. The number of carbonyl (C=O) groups excluding carboxylic acids is 1. The zero-order chi connectivity index (χ0) is 23.3. The van der Waals surface area contributed by atoms with Gasteiger partial charge in [0, 0.05) is 32.4 Å². The van der Waals surface area contributed by atoms with Gasteiger partial charge in [-0.2, -0.15) is 0 Å². The van der Waals surface area contributed by atoms with Crippen LogP contribution in [0.25, 0.3) is 0 Å². The molecule has 1 fully saturated rings. The van der Waals surface area contributed by atoms with E-state index in [0.717, 1.165) is 36.3 Å². The van der Waals surface area contributed by atoms with Crippen molar-refractivity contribution in [2.24, 2.45) is 5.41 Å². The van der Waals surface area contributed by atoms with Gasteiger partial charge < -0.3 is 19.5 Å². The maximum absolute atomic E-state index is 13.2. The molecule has 2 aromatic carbocycles. The molecule has 0 saturated carbocycles. The van der Waals surface area contributed by atoms with Crippen LogP contribution in [0.15, 0.2) is 72.1 Å². The van der Waals surface area contributed by atoms with E-state index in [9.17, 15) is 9.90 Å². The van der Waals surface area contributed by atoms with Crippen molar-refractivity contribution in [2.75, 3.05) is 32.9 Å². The molecule has 0 spiro atoms. The summed E-state index contributed by atoms with van der Waals surface area (Å²) >= 11 is 0. The second kappa shape index (κ2) is 10.1. The summed E-state index contributed by atoms with van der Waals surface area (Å²) in [4.78, 5) is 15.4. The Morgan fingerprint density at radius 3 is 2.03 bits per heavy atom. The van der Waals surface area contributed by atoms with Gasteiger partial charge in [-0.3, -0.25) is 4.79 Å². The molecule has 0 amide bonds. The van der Waals surface area contributed by atoms with Crippen LogP contribution < -0.4 is 0 Å². The monoisotopic (exact) mass is 449 g/mol. The van der Waals surface area contributed by atoms with Crippen molar-refractivity contribution in [3.63, 3.8) is 0 Å². The zero-order valence-corrected chi connectivity index (χ0v) is 19.8. The van der Waals surface area contributed by atoms with E-state index >= 15 is 0 Å². The van der Waals surface area contributed by atoms with Gasteiger partial charge in [0.1, 0.15) is 12.2 Å². The highest BCUT2D eigenvalue weighted by atomic mass is 16.5. The minimum Gasteiger partial charge on any atom is -0.485 e. The predicted molar refractivity (Wildman–Crippen MR) is 129 cm³/mol. The predicted octanol–water partition coefficient (Wildman–Crippen LogP) is 4.15. The fourth-order valence-electron chi connectivity index (χ4n) is 4.85. The lowest BCUT2D eigenvalue weighted by Gasteiger charge is -2.40. The number of nitrogens with zero attached hydrogens (tertiary/aromatic N) is 1. The van der Waals surface area contributed by atoms with Crippen molar-refractivity contribution < 1.29 is 19.4 Å². The molecular formula is C28H35NO4. The smallest absolute Gasteiger partial charge is 0.199 e. The van der Waals surface area contributed by atoms with Gasteiger partial charge in [-0.1, -0.05) is 74.5 Å². The van der Waals surface area contributed by atoms with Crippen LogP contribution in [0.5, 0.6) is 0 Å². The molecule has 1 aliphatic heterocycles.